The fourth-order valence-corrected chi connectivity index (χ4v) is 3.74. The van der Waals surface area contributed by atoms with Crippen LogP contribution in [0, 0.1) is 12.7 Å². The molecule has 0 unspecified atom stereocenters. The molecule has 2 aromatic carbocycles. The Hall–Kier alpha value is -3.23. The van der Waals surface area contributed by atoms with Gasteiger partial charge in [-0.2, -0.15) is 0 Å². The number of aryl methyl sites for hydroxylation is 1. The summed E-state index contributed by atoms with van der Waals surface area (Å²) in [6, 6.07) is 13.3. The van der Waals surface area contributed by atoms with Gasteiger partial charge < -0.3 is 9.84 Å². The van der Waals surface area contributed by atoms with E-state index in [1.165, 1.54) is 17.0 Å². The van der Waals surface area contributed by atoms with E-state index >= 15 is 0 Å². The molecule has 0 amide bonds. The summed E-state index contributed by atoms with van der Waals surface area (Å²) in [5.74, 6) is -0.618. The molecule has 0 fully saturated rings. The lowest BCUT2D eigenvalue weighted by molar-refractivity contribution is -0.133. The number of carbonyl (C=O) groups is 1. The zero-order valence-corrected chi connectivity index (χ0v) is 18.7. The first-order chi connectivity index (χ1) is 15.4. The Morgan fingerprint density at radius 3 is 2.44 bits per heavy atom. The van der Waals surface area contributed by atoms with E-state index in [4.69, 9.17) is 9.57 Å². The van der Waals surface area contributed by atoms with Crippen LogP contribution in [0.5, 0.6) is 5.75 Å². The van der Waals surface area contributed by atoms with Crippen LogP contribution >= 0.6 is 11.3 Å². The highest BCUT2D eigenvalue weighted by Crippen LogP contribution is 2.18. The summed E-state index contributed by atoms with van der Waals surface area (Å²) in [5.41, 5.74) is 7.75. The molecule has 1 heterocycles. The van der Waals surface area contributed by atoms with Crippen LogP contribution in [0.25, 0.3) is 0 Å². The fraction of sp³-hybridized carbons (Fsp3) is 0.250. The van der Waals surface area contributed by atoms with Crippen LogP contribution in [-0.4, -0.2) is 22.7 Å². The lowest BCUT2D eigenvalue weighted by Gasteiger charge is -2.12. The van der Waals surface area contributed by atoms with Gasteiger partial charge in [0.1, 0.15) is 11.6 Å². The van der Waals surface area contributed by atoms with Crippen molar-refractivity contribution >= 4 is 17.3 Å². The van der Waals surface area contributed by atoms with Crippen molar-refractivity contribution in [2.24, 2.45) is 0 Å². The highest BCUT2D eigenvalue weighted by atomic mass is 32.1. The maximum atomic E-state index is 13.0. The quantitative estimate of drug-likeness (QED) is 0.318. The summed E-state index contributed by atoms with van der Waals surface area (Å²) in [6.45, 7) is 4.36. The molecule has 0 saturated heterocycles. The Morgan fingerprint density at radius 1 is 1.12 bits per heavy atom. The predicted octanol–water partition coefficient (Wildman–Crippen LogP) is 4.83. The van der Waals surface area contributed by atoms with Crippen LogP contribution in [0.1, 0.15) is 28.6 Å². The number of rotatable bonds is 11. The number of carboxylic acid groups (broad SMARTS) is 1. The largest absolute Gasteiger partial charge is 0.493 e. The highest BCUT2D eigenvalue weighted by molar-refractivity contribution is 7.09. The van der Waals surface area contributed by atoms with Crippen molar-refractivity contribution < 1.29 is 23.9 Å². The van der Waals surface area contributed by atoms with Gasteiger partial charge in [-0.3, -0.25) is 10.3 Å². The second-order valence-electron chi connectivity index (χ2n) is 7.21. The number of nitrogens with one attached hydrogen (secondary N) is 1. The number of halogens is 1. The molecule has 0 spiro atoms. The van der Waals surface area contributed by atoms with Gasteiger partial charge in [0.15, 0.2) is 0 Å². The average Bonchev–Trinajstić information content (AvgIpc) is 3.18. The maximum Gasteiger partial charge on any atom is 0.333 e. The minimum atomic E-state index is -1.03. The first kappa shape index (κ1) is 23.4. The van der Waals surface area contributed by atoms with Crippen molar-refractivity contribution in [1.82, 2.24) is 10.5 Å². The maximum absolute atomic E-state index is 13.0. The Labute approximate surface area is 190 Å². The van der Waals surface area contributed by atoms with Gasteiger partial charge >= 0.3 is 5.97 Å². The number of carboxylic acids is 1. The molecule has 8 heteroatoms. The zero-order chi connectivity index (χ0) is 22.9. The van der Waals surface area contributed by atoms with Gasteiger partial charge in [0.05, 0.1) is 30.0 Å². The third-order valence-corrected chi connectivity index (χ3v) is 5.83. The number of benzene rings is 2. The molecule has 168 valence electrons. The summed E-state index contributed by atoms with van der Waals surface area (Å²) in [4.78, 5) is 22.6. The molecule has 1 aromatic heterocycles. The smallest absolute Gasteiger partial charge is 0.333 e. The molecule has 0 aliphatic heterocycles. The average molecular weight is 457 g/mol. The number of ether oxygens (including phenoxy) is 1. The fourth-order valence-electron chi connectivity index (χ4n) is 2.97. The minimum absolute atomic E-state index is 0.178. The Morgan fingerprint density at radius 2 is 1.81 bits per heavy atom. The van der Waals surface area contributed by atoms with E-state index in [9.17, 15) is 14.3 Å². The standard InChI is InChI=1S/C24H25FN2O4S/c1-16(27-31-14-19-3-7-20(25)8-4-19)22(24(28)29)13-18-5-9-21(10-6-18)30-12-11-23-17(2)26-15-32-23/h3-10,15,27H,11-14H2,1-2H3,(H,28,29). The number of aliphatic carboxylic acids is 1. The van der Waals surface area contributed by atoms with Crippen LogP contribution in [0.15, 0.2) is 65.3 Å². The van der Waals surface area contributed by atoms with Gasteiger partial charge in [0, 0.05) is 23.4 Å². The normalized spacial score (nSPS) is 11.7. The van der Waals surface area contributed by atoms with Crippen LogP contribution in [-0.2, 0) is 29.1 Å². The molecule has 6 nitrogen and oxygen atoms in total. The number of hydrogen-bond acceptors (Lipinski definition) is 6. The number of hydroxylamine groups is 1. The van der Waals surface area contributed by atoms with E-state index < -0.39 is 5.97 Å². The van der Waals surface area contributed by atoms with Crippen molar-refractivity contribution in [2.75, 3.05) is 6.61 Å². The number of allylic oxidation sites excluding steroid dienone is 1. The van der Waals surface area contributed by atoms with Crippen molar-refractivity contribution in [3.63, 3.8) is 0 Å². The van der Waals surface area contributed by atoms with E-state index in [1.54, 1.807) is 30.4 Å². The van der Waals surface area contributed by atoms with Gasteiger partial charge in [-0.15, -0.1) is 11.3 Å². The molecule has 0 aliphatic carbocycles. The van der Waals surface area contributed by atoms with Crippen molar-refractivity contribution in [2.45, 2.75) is 33.3 Å². The number of thiazole rings is 1. The lowest BCUT2D eigenvalue weighted by Crippen LogP contribution is -2.18. The van der Waals surface area contributed by atoms with Gasteiger partial charge in [-0.25, -0.2) is 14.2 Å². The molecule has 0 saturated carbocycles. The monoisotopic (exact) mass is 456 g/mol. The van der Waals surface area contributed by atoms with E-state index in [0.29, 0.717) is 12.3 Å². The molecule has 0 bridgehead atoms. The van der Waals surface area contributed by atoms with Crippen LogP contribution in [0.3, 0.4) is 0 Å². The highest BCUT2D eigenvalue weighted by Gasteiger charge is 2.13. The molecular weight excluding hydrogens is 431 g/mol. The van der Waals surface area contributed by atoms with Crippen molar-refractivity contribution in [3.8, 4) is 5.75 Å². The minimum Gasteiger partial charge on any atom is -0.493 e. The van der Waals surface area contributed by atoms with Gasteiger partial charge in [-0.05, 0) is 49.2 Å². The van der Waals surface area contributed by atoms with Crippen molar-refractivity contribution in [3.05, 3.63) is 92.8 Å². The van der Waals surface area contributed by atoms with Crippen LogP contribution < -0.4 is 10.2 Å². The third-order valence-electron chi connectivity index (χ3n) is 4.84. The molecule has 0 radical (unpaired) electrons. The summed E-state index contributed by atoms with van der Waals surface area (Å²) >= 11 is 1.62. The molecule has 0 aliphatic rings. The van der Waals surface area contributed by atoms with E-state index in [0.717, 1.165) is 29.0 Å². The molecule has 3 rings (SSSR count). The first-order valence-electron chi connectivity index (χ1n) is 10.1. The Kier molecular flexibility index (Phi) is 8.35. The number of hydrogen-bond donors (Lipinski definition) is 2. The molecule has 3 aromatic rings. The summed E-state index contributed by atoms with van der Waals surface area (Å²) in [7, 11) is 0. The van der Waals surface area contributed by atoms with E-state index in [1.807, 2.05) is 36.7 Å². The van der Waals surface area contributed by atoms with Gasteiger partial charge in [0.25, 0.3) is 0 Å². The second kappa shape index (κ2) is 11.4. The Balaban J connectivity index is 1.53. The van der Waals surface area contributed by atoms with Gasteiger partial charge in [0.2, 0.25) is 0 Å². The summed E-state index contributed by atoms with van der Waals surface area (Å²) < 4.78 is 18.7. The summed E-state index contributed by atoms with van der Waals surface area (Å²) in [6.07, 6.45) is 1.03. The van der Waals surface area contributed by atoms with Crippen LogP contribution in [0.4, 0.5) is 4.39 Å². The molecule has 0 atom stereocenters. The Bertz CT molecular complexity index is 1060. The predicted molar refractivity (Wildman–Crippen MR) is 121 cm³/mol. The zero-order valence-electron chi connectivity index (χ0n) is 17.9. The number of nitrogens with zero attached hydrogens (tertiary/aromatic N) is 1. The lowest BCUT2D eigenvalue weighted by atomic mass is 10.0. The topological polar surface area (TPSA) is 80.7 Å². The summed E-state index contributed by atoms with van der Waals surface area (Å²) in [5, 5.41) is 9.61. The third kappa shape index (κ3) is 6.90. The van der Waals surface area contributed by atoms with E-state index in [-0.39, 0.29) is 24.4 Å². The molecule has 2 N–H and O–H groups in total. The molecular formula is C24H25FN2O4S. The van der Waals surface area contributed by atoms with Crippen LogP contribution in [0.2, 0.25) is 0 Å². The first-order valence-corrected chi connectivity index (χ1v) is 11.0. The number of aromatic nitrogens is 1. The SMILES string of the molecule is CC(NOCc1ccc(F)cc1)=C(Cc1ccc(OCCc2scnc2C)cc1)C(=O)O. The second-order valence-corrected chi connectivity index (χ2v) is 8.15. The molecule has 32 heavy (non-hydrogen) atoms. The van der Waals surface area contributed by atoms with Crippen molar-refractivity contribution in [1.29, 1.82) is 0 Å². The van der Waals surface area contributed by atoms with Gasteiger partial charge in [-0.1, -0.05) is 24.3 Å². The van der Waals surface area contributed by atoms with E-state index in [2.05, 4.69) is 10.5 Å².